The molecule has 0 saturated carbocycles. The van der Waals surface area contributed by atoms with Gasteiger partial charge >= 0.3 is 0 Å². The van der Waals surface area contributed by atoms with E-state index in [-0.39, 0.29) is 18.3 Å². The molecule has 2 rings (SSSR count). The Balaban J connectivity index is 1.80. The predicted octanol–water partition coefficient (Wildman–Crippen LogP) is 3.29. The zero-order valence-corrected chi connectivity index (χ0v) is 13.5. The molecule has 0 aliphatic carbocycles. The fourth-order valence-electron chi connectivity index (χ4n) is 1.73. The number of benzene rings is 2. The lowest BCUT2D eigenvalue weighted by Crippen LogP contribution is -2.28. The number of hydrogen-bond acceptors (Lipinski definition) is 3. The first-order valence-electron chi connectivity index (χ1n) is 6.56. The van der Waals surface area contributed by atoms with Crippen LogP contribution >= 0.6 is 15.9 Å². The Bertz CT molecular complexity index is 646. The van der Waals surface area contributed by atoms with Crippen molar-refractivity contribution in [3.05, 3.63) is 58.3 Å². The average molecular weight is 368 g/mol. The van der Waals surface area contributed by atoms with Gasteiger partial charge in [-0.25, -0.2) is 4.39 Å². The standard InChI is InChI=1S/C16H15BrFNO3/c1-21-13-5-2-11(3-6-13)9-19-16(20)10-22-15-7-4-12(18)8-14(15)17/h2-8H,9-10H2,1H3,(H,19,20). The summed E-state index contributed by atoms with van der Waals surface area (Å²) >= 11 is 3.18. The van der Waals surface area contributed by atoms with Crippen LogP contribution in [0.1, 0.15) is 5.56 Å². The van der Waals surface area contributed by atoms with Crippen LogP contribution in [0.5, 0.6) is 11.5 Å². The summed E-state index contributed by atoms with van der Waals surface area (Å²) in [5.74, 6) is 0.552. The van der Waals surface area contributed by atoms with E-state index < -0.39 is 0 Å². The third kappa shape index (κ3) is 4.73. The summed E-state index contributed by atoms with van der Waals surface area (Å²) in [5.41, 5.74) is 0.956. The number of hydrogen-bond donors (Lipinski definition) is 1. The van der Waals surface area contributed by atoms with Crippen molar-refractivity contribution in [1.82, 2.24) is 5.32 Å². The number of rotatable bonds is 6. The first-order chi connectivity index (χ1) is 10.6. The van der Waals surface area contributed by atoms with Crippen molar-refractivity contribution in [2.75, 3.05) is 13.7 Å². The minimum Gasteiger partial charge on any atom is -0.497 e. The number of carbonyl (C=O) groups excluding carboxylic acids is 1. The Morgan fingerprint density at radius 1 is 1.23 bits per heavy atom. The number of ether oxygens (including phenoxy) is 2. The summed E-state index contributed by atoms with van der Waals surface area (Å²) in [7, 11) is 1.60. The van der Waals surface area contributed by atoms with Gasteiger partial charge in [0, 0.05) is 6.54 Å². The van der Waals surface area contributed by atoms with Gasteiger partial charge in [-0.1, -0.05) is 12.1 Å². The molecule has 4 nitrogen and oxygen atoms in total. The van der Waals surface area contributed by atoms with Crippen LogP contribution in [0.3, 0.4) is 0 Å². The van der Waals surface area contributed by atoms with Gasteiger partial charge in [-0.3, -0.25) is 4.79 Å². The van der Waals surface area contributed by atoms with E-state index in [1.54, 1.807) is 7.11 Å². The van der Waals surface area contributed by atoms with E-state index in [2.05, 4.69) is 21.2 Å². The summed E-state index contributed by atoms with van der Waals surface area (Å²) in [6, 6.07) is 11.4. The second kappa shape index (κ2) is 7.79. The number of halogens is 2. The van der Waals surface area contributed by atoms with E-state index in [1.165, 1.54) is 18.2 Å². The molecule has 0 aromatic heterocycles. The van der Waals surface area contributed by atoms with Crippen molar-refractivity contribution >= 4 is 21.8 Å². The Hall–Kier alpha value is -2.08. The molecule has 1 N–H and O–H groups in total. The highest BCUT2D eigenvalue weighted by atomic mass is 79.9. The van der Waals surface area contributed by atoms with Gasteiger partial charge in [0.1, 0.15) is 17.3 Å². The molecule has 0 unspecified atom stereocenters. The fraction of sp³-hybridized carbons (Fsp3) is 0.188. The highest BCUT2D eigenvalue weighted by Gasteiger charge is 2.06. The van der Waals surface area contributed by atoms with Gasteiger partial charge in [0.15, 0.2) is 6.61 Å². The second-order valence-corrected chi connectivity index (χ2v) is 5.34. The van der Waals surface area contributed by atoms with E-state index in [0.29, 0.717) is 16.8 Å². The molecular weight excluding hydrogens is 353 g/mol. The Morgan fingerprint density at radius 3 is 2.59 bits per heavy atom. The van der Waals surface area contributed by atoms with Crippen LogP contribution in [0.25, 0.3) is 0 Å². The summed E-state index contributed by atoms with van der Waals surface area (Å²) in [4.78, 5) is 11.7. The zero-order chi connectivity index (χ0) is 15.9. The van der Waals surface area contributed by atoms with E-state index >= 15 is 0 Å². The van der Waals surface area contributed by atoms with E-state index in [0.717, 1.165) is 11.3 Å². The van der Waals surface area contributed by atoms with Crippen LogP contribution in [0.4, 0.5) is 4.39 Å². The molecule has 0 fully saturated rings. The van der Waals surface area contributed by atoms with Gasteiger partial charge in [-0.15, -0.1) is 0 Å². The van der Waals surface area contributed by atoms with Gasteiger partial charge in [0.05, 0.1) is 11.6 Å². The molecule has 0 bridgehead atoms. The molecule has 0 spiro atoms. The molecule has 0 atom stereocenters. The van der Waals surface area contributed by atoms with Crippen LogP contribution in [0.2, 0.25) is 0 Å². The van der Waals surface area contributed by atoms with E-state index in [9.17, 15) is 9.18 Å². The highest BCUT2D eigenvalue weighted by molar-refractivity contribution is 9.10. The molecule has 0 heterocycles. The summed E-state index contributed by atoms with van der Waals surface area (Å²) in [6.07, 6.45) is 0. The van der Waals surface area contributed by atoms with Gasteiger partial charge in [-0.2, -0.15) is 0 Å². The maximum atomic E-state index is 12.9. The molecular formula is C16H15BrFNO3. The molecule has 6 heteroatoms. The van der Waals surface area contributed by atoms with Crippen LogP contribution in [0.15, 0.2) is 46.9 Å². The number of carbonyl (C=O) groups is 1. The lowest BCUT2D eigenvalue weighted by molar-refractivity contribution is -0.123. The molecule has 0 aliphatic rings. The van der Waals surface area contributed by atoms with Gasteiger partial charge in [0.2, 0.25) is 0 Å². The Morgan fingerprint density at radius 2 is 1.95 bits per heavy atom. The SMILES string of the molecule is COc1ccc(CNC(=O)COc2ccc(F)cc2Br)cc1. The van der Waals surface area contributed by atoms with Crippen LogP contribution in [-0.4, -0.2) is 19.6 Å². The normalized spacial score (nSPS) is 10.1. The van der Waals surface area contributed by atoms with Crippen molar-refractivity contribution < 1.29 is 18.7 Å². The topological polar surface area (TPSA) is 47.6 Å². The first kappa shape index (κ1) is 16.3. The molecule has 0 radical (unpaired) electrons. The minimum absolute atomic E-state index is 0.139. The molecule has 2 aromatic rings. The van der Waals surface area contributed by atoms with Crippen LogP contribution < -0.4 is 14.8 Å². The quantitative estimate of drug-likeness (QED) is 0.851. The average Bonchev–Trinajstić information content (AvgIpc) is 2.52. The second-order valence-electron chi connectivity index (χ2n) is 4.49. The van der Waals surface area contributed by atoms with Crippen molar-refractivity contribution in [3.63, 3.8) is 0 Å². The highest BCUT2D eigenvalue weighted by Crippen LogP contribution is 2.25. The summed E-state index contributed by atoms with van der Waals surface area (Å²) in [6.45, 7) is 0.261. The molecule has 2 aromatic carbocycles. The van der Waals surface area contributed by atoms with E-state index in [1.807, 2.05) is 24.3 Å². The van der Waals surface area contributed by atoms with Gasteiger partial charge in [0.25, 0.3) is 5.91 Å². The largest absolute Gasteiger partial charge is 0.497 e. The number of nitrogens with one attached hydrogen (secondary N) is 1. The van der Waals surface area contributed by atoms with Crippen LogP contribution in [0, 0.1) is 5.82 Å². The molecule has 116 valence electrons. The predicted molar refractivity (Wildman–Crippen MR) is 84.4 cm³/mol. The van der Waals surface area contributed by atoms with Crippen molar-refractivity contribution in [2.24, 2.45) is 0 Å². The maximum absolute atomic E-state index is 12.9. The maximum Gasteiger partial charge on any atom is 0.258 e. The lowest BCUT2D eigenvalue weighted by Gasteiger charge is -2.09. The lowest BCUT2D eigenvalue weighted by atomic mass is 10.2. The third-order valence-electron chi connectivity index (χ3n) is 2.90. The number of amides is 1. The molecule has 0 saturated heterocycles. The summed E-state index contributed by atoms with van der Waals surface area (Å²) in [5, 5.41) is 2.74. The molecule has 0 aliphatic heterocycles. The summed E-state index contributed by atoms with van der Waals surface area (Å²) < 4.78 is 23.8. The smallest absolute Gasteiger partial charge is 0.258 e. The molecule has 1 amide bonds. The monoisotopic (exact) mass is 367 g/mol. The van der Waals surface area contributed by atoms with E-state index in [4.69, 9.17) is 9.47 Å². The first-order valence-corrected chi connectivity index (χ1v) is 7.35. The minimum atomic E-state index is -0.372. The molecule has 22 heavy (non-hydrogen) atoms. The fourth-order valence-corrected chi connectivity index (χ4v) is 2.20. The Labute approximate surface area is 136 Å². The Kier molecular flexibility index (Phi) is 5.77. The van der Waals surface area contributed by atoms with Gasteiger partial charge < -0.3 is 14.8 Å². The van der Waals surface area contributed by atoms with Crippen molar-refractivity contribution in [1.29, 1.82) is 0 Å². The van der Waals surface area contributed by atoms with Gasteiger partial charge in [-0.05, 0) is 51.8 Å². The number of methoxy groups -OCH3 is 1. The van der Waals surface area contributed by atoms with Crippen LogP contribution in [-0.2, 0) is 11.3 Å². The van der Waals surface area contributed by atoms with Crippen molar-refractivity contribution in [2.45, 2.75) is 6.54 Å². The zero-order valence-electron chi connectivity index (χ0n) is 11.9. The van der Waals surface area contributed by atoms with Crippen molar-refractivity contribution in [3.8, 4) is 11.5 Å². The third-order valence-corrected chi connectivity index (χ3v) is 3.52.